The van der Waals surface area contributed by atoms with Crippen LogP contribution < -0.4 is 10.6 Å². The van der Waals surface area contributed by atoms with Crippen LogP contribution in [0.1, 0.15) is 19.2 Å². The lowest BCUT2D eigenvalue weighted by Gasteiger charge is -2.13. The second-order valence-electron chi connectivity index (χ2n) is 4.72. The minimum absolute atomic E-state index is 0.643. The van der Waals surface area contributed by atoms with Crippen molar-refractivity contribution < 1.29 is 9.47 Å². The van der Waals surface area contributed by atoms with E-state index in [-0.39, 0.29) is 0 Å². The van der Waals surface area contributed by atoms with Gasteiger partial charge >= 0.3 is 0 Å². The van der Waals surface area contributed by atoms with Crippen molar-refractivity contribution in [3.63, 3.8) is 0 Å². The molecule has 2 N–H and O–H groups in total. The Labute approximate surface area is 132 Å². The lowest BCUT2D eigenvalue weighted by Crippen LogP contribution is -2.40. The van der Waals surface area contributed by atoms with Gasteiger partial charge in [-0.1, -0.05) is 6.92 Å². The van der Waals surface area contributed by atoms with Crippen molar-refractivity contribution in [1.29, 1.82) is 0 Å². The molecule has 0 atom stereocenters. The molecule has 0 amide bonds. The van der Waals surface area contributed by atoms with Gasteiger partial charge in [0.15, 0.2) is 5.96 Å². The number of aryl methyl sites for hydroxylation is 1. The summed E-state index contributed by atoms with van der Waals surface area (Å²) in [5, 5.41) is 14.6. The molecule has 126 valence electrons. The highest BCUT2D eigenvalue weighted by Crippen LogP contribution is 1.94. The number of rotatable bonds is 11. The maximum atomic E-state index is 5.04. The average Bonchev–Trinajstić information content (AvgIpc) is 2.98. The number of nitrogens with one attached hydrogen (secondary N) is 2. The summed E-state index contributed by atoms with van der Waals surface area (Å²) in [6, 6.07) is 0. The van der Waals surface area contributed by atoms with Gasteiger partial charge in [-0.15, -0.1) is 10.2 Å². The summed E-state index contributed by atoms with van der Waals surface area (Å²) in [7, 11) is 3.38. The van der Waals surface area contributed by atoms with Crippen LogP contribution in [0.3, 0.4) is 0 Å². The van der Waals surface area contributed by atoms with E-state index in [0.717, 1.165) is 57.4 Å². The number of guanidine groups is 1. The third kappa shape index (κ3) is 7.37. The minimum atomic E-state index is 0.643. The lowest BCUT2D eigenvalue weighted by atomic mass is 10.4. The molecule has 0 saturated heterocycles. The number of hydrogen-bond acceptors (Lipinski definition) is 5. The van der Waals surface area contributed by atoms with Crippen LogP contribution in [0.5, 0.6) is 0 Å². The van der Waals surface area contributed by atoms with E-state index in [1.807, 2.05) is 4.57 Å². The molecule has 0 radical (unpaired) electrons. The zero-order valence-electron chi connectivity index (χ0n) is 13.8. The summed E-state index contributed by atoms with van der Waals surface area (Å²) in [4.78, 5) is 4.51. The molecule has 0 unspecified atom stereocenters. The van der Waals surface area contributed by atoms with Crippen molar-refractivity contribution in [3.8, 4) is 0 Å². The molecule has 0 aromatic carbocycles. The fourth-order valence-corrected chi connectivity index (χ4v) is 1.88. The molecule has 0 bridgehead atoms. The predicted molar refractivity (Wildman–Crippen MR) is 86.1 cm³/mol. The molecular weight excluding hydrogens is 284 g/mol. The molecule has 0 aliphatic heterocycles. The largest absolute Gasteiger partial charge is 0.385 e. The molecule has 0 spiro atoms. The maximum absolute atomic E-state index is 5.04. The summed E-state index contributed by atoms with van der Waals surface area (Å²) in [6.07, 6.45) is 3.54. The van der Waals surface area contributed by atoms with Gasteiger partial charge in [0, 0.05) is 53.4 Å². The molecular formula is C14H28N6O2. The first-order valence-corrected chi connectivity index (χ1v) is 7.68. The van der Waals surface area contributed by atoms with Crippen LogP contribution in [0.2, 0.25) is 0 Å². The first kappa shape index (κ1) is 18.4. The van der Waals surface area contributed by atoms with E-state index < -0.39 is 0 Å². The van der Waals surface area contributed by atoms with Crippen LogP contribution in [-0.2, 0) is 22.4 Å². The van der Waals surface area contributed by atoms with E-state index in [4.69, 9.17) is 9.47 Å². The quantitative estimate of drug-likeness (QED) is 0.341. The Morgan fingerprint density at radius 2 is 2.00 bits per heavy atom. The van der Waals surface area contributed by atoms with Gasteiger partial charge in [0.25, 0.3) is 0 Å². The minimum Gasteiger partial charge on any atom is -0.385 e. The standard InChI is InChI=1S/C14H28N6O2/c1-4-13-19-18-12-20(13)9-7-16-14(17-8-11-22-3)15-6-5-10-21-2/h12H,4-11H2,1-3H3,(H2,15,16,17). The van der Waals surface area contributed by atoms with Gasteiger partial charge in [-0.25, -0.2) is 0 Å². The van der Waals surface area contributed by atoms with Gasteiger partial charge in [-0.3, -0.25) is 4.99 Å². The van der Waals surface area contributed by atoms with Crippen molar-refractivity contribution in [1.82, 2.24) is 25.4 Å². The topological polar surface area (TPSA) is 85.6 Å². The van der Waals surface area contributed by atoms with Gasteiger partial charge in [0.1, 0.15) is 12.2 Å². The van der Waals surface area contributed by atoms with E-state index in [1.54, 1.807) is 20.5 Å². The first-order valence-electron chi connectivity index (χ1n) is 7.68. The van der Waals surface area contributed by atoms with Gasteiger partial charge in [-0.05, 0) is 6.42 Å². The highest BCUT2D eigenvalue weighted by Gasteiger charge is 2.02. The SMILES string of the molecule is CCc1nncn1CCNC(=NCCCOC)NCCOC. The Bertz CT molecular complexity index is 421. The number of hydrogen-bond donors (Lipinski definition) is 2. The van der Waals surface area contributed by atoms with Crippen LogP contribution in [0.25, 0.3) is 0 Å². The number of ether oxygens (including phenoxy) is 2. The van der Waals surface area contributed by atoms with Crippen LogP contribution in [0.4, 0.5) is 0 Å². The third-order valence-corrected chi connectivity index (χ3v) is 3.03. The molecule has 0 aliphatic carbocycles. The van der Waals surface area contributed by atoms with Crippen LogP contribution in [-0.4, -0.2) is 67.8 Å². The molecule has 0 aliphatic rings. The van der Waals surface area contributed by atoms with Gasteiger partial charge in [0.2, 0.25) is 0 Å². The highest BCUT2D eigenvalue weighted by atomic mass is 16.5. The summed E-state index contributed by atoms with van der Waals surface area (Å²) < 4.78 is 12.1. The van der Waals surface area contributed by atoms with Crippen molar-refractivity contribution in [3.05, 3.63) is 12.2 Å². The Hall–Kier alpha value is -1.67. The van der Waals surface area contributed by atoms with Crippen LogP contribution in [0.15, 0.2) is 11.3 Å². The fourth-order valence-electron chi connectivity index (χ4n) is 1.88. The molecule has 1 rings (SSSR count). The highest BCUT2D eigenvalue weighted by molar-refractivity contribution is 5.79. The first-order chi connectivity index (χ1) is 10.8. The van der Waals surface area contributed by atoms with E-state index in [9.17, 15) is 0 Å². The second-order valence-corrected chi connectivity index (χ2v) is 4.72. The molecule has 22 heavy (non-hydrogen) atoms. The summed E-state index contributed by atoms with van der Waals surface area (Å²) in [5.41, 5.74) is 0. The van der Waals surface area contributed by atoms with E-state index in [0.29, 0.717) is 6.61 Å². The van der Waals surface area contributed by atoms with Crippen molar-refractivity contribution >= 4 is 5.96 Å². The molecule has 0 fully saturated rings. The lowest BCUT2D eigenvalue weighted by molar-refractivity contribution is 0.196. The van der Waals surface area contributed by atoms with Gasteiger partial charge in [-0.2, -0.15) is 0 Å². The van der Waals surface area contributed by atoms with Gasteiger partial charge < -0.3 is 24.7 Å². The predicted octanol–water partition coefficient (Wildman–Crippen LogP) is 0.0586. The third-order valence-electron chi connectivity index (χ3n) is 3.03. The second kappa shape index (κ2) is 11.9. The van der Waals surface area contributed by atoms with E-state index >= 15 is 0 Å². The van der Waals surface area contributed by atoms with E-state index in [1.165, 1.54) is 0 Å². The number of methoxy groups -OCH3 is 2. The maximum Gasteiger partial charge on any atom is 0.191 e. The monoisotopic (exact) mass is 312 g/mol. The normalized spacial score (nSPS) is 11.7. The zero-order chi connectivity index (χ0) is 16.0. The Balaban J connectivity index is 2.38. The van der Waals surface area contributed by atoms with Crippen molar-refractivity contribution in [2.75, 3.05) is 47.1 Å². The summed E-state index contributed by atoms with van der Waals surface area (Å²) in [5.74, 6) is 1.78. The van der Waals surface area contributed by atoms with E-state index in [2.05, 4.69) is 32.7 Å². The van der Waals surface area contributed by atoms with Crippen molar-refractivity contribution in [2.24, 2.45) is 4.99 Å². The Morgan fingerprint density at radius 3 is 2.73 bits per heavy atom. The number of aromatic nitrogens is 3. The molecule has 1 aromatic heterocycles. The summed E-state index contributed by atoms with van der Waals surface area (Å²) in [6.45, 7) is 6.44. The molecule has 1 aromatic rings. The van der Waals surface area contributed by atoms with Crippen LogP contribution >= 0.6 is 0 Å². The summed E-state index contributed by atoms with van der Waals surface area (Å²) >= 11 is 0. The molecule has 8 nitrogen and oxygen atoms in total. The molecule has 1 heterocycles. The van der Waals surface area contributed by atoms with Gasteiger partial charge in [0.05, 0.1) is 6.61 Å². The van der Waals surface area contributed by atoms with Crippen LogP contribution in [0, 0.1) is 0 Å². The number of aliphatic imine (C=N–C) groups is 1. The fraction of sp³-hybridized carbons (Fsp3) is 0.786. The van der Waals surface area contributed by atoms with Crippen molar-refractivity contribution in [2.45, 2.75) is 26.3 Å². The zero-order valence-corrected chi connectivity index (χ0v) is 13.8. The Morgan fingerprint density at radius 1 is 1.23 bits per heavy atom. The molecule has 0 saturated carbocycles. The number of nitrogens with zero attached hydrogens (tertiary/aromatic N) is 4. The molecule has 8 heteroatoms. The smallest absolute Gasteiger partial charge is 0.191 e. The Kier molecular flexibility index (Phi) is 9.97. The average molecular weight is 312 g/mol.